The highest BCUT2D eigenvalue weighted by Gasteiger charge is 2.17. The van der Waals surface area contributed by atoms with Crippen molar-refractivity contribution in [2.24, 2.45) is 11.8 Å². The first-order valence-corrected chi connectivity index (χ1v) is 8.37. The number of halogens is 1. The molecule has 1 nitrogen and oxygen atoms in total. The number of hydrogen-bond donors (Lipinski definition) is 1. The van der Waals surface area contributed by atoms with Crippen LogP contribution in [0.5, 0.6) is 0 Å². The highest BCUT2D eigenvalue weighted by atomic mass is 79.9. The Morgan fingerprint density at radius 3 is 2.44 bits per heavy atom. The van der Waals surface area contributed by atoms with Gasteiger partial charge in [-0.1, -0.05) is 32.9 Å². The fourth-order valence-electron chi connectivity index (χ4n) is 2.18. The van der Waals surface area contributed by atoms with Crippen molar-refractivity contribution in [2.45, 2.75) is 38.1 Å². The van der Waals surface area contributed by atoms with E-state index in [-0.39, 0.29) is 0 Å². The first-order chi connectivity index (χ1) is 8.54. The Bertz CT molecular complexity index is 354. The Morgan fingerprint density at radius 1 is 1.22 bits per heavy atom. The topological polar surface area (TPSA) is 12.0 Å². The van der Waals surface area contributed by atoms with Crippen molar-refractivity contribution < 1.29 is 0 Å². The second kappa shape index (κ2) is 8.23. The normalized spacial score (nSPS) is 14.8. The standard InChI is InChI=1S/C15H24BrNS/c1-11(2)9-12(3)14(17-4)10-18-15-8-6-5-7-13(15)16/h5-8,11-12,14,17H,9-10H2,1-4H3. The summed E-state index contributed by atoms with van der Waals surface area (Å²) in [4.78, 5) is 1.33. The molecular weight excluding hydrogens is 306 g/mol. The average Bonchev–Trinajstić information content (AvgIpc) is 2.31. The lowest BCUT2D eigenvalue weighted by Gasteiger charge is -2.24. The fourth-order valence-corrected chi connectivity index (χ4v) is 4.04. The van der Waals surface area contributed by atoms with Crippen LogP contribution in [0, 0.1) is 11.8 Å². The maximum atomic E-state index is 3.60. The molecule has 2 atom stereocenters. The van der Waals surface area contributed by atoms with E-state index < -0.39 is 0 Å². The monoisotopic (exact) mass is 329 g/mol. The van der Waals surface area contributed by atoms with E-state index in [1.807, 2.05) is 11.8 Å². The van der Waals surface area contributed by atoms with Gasteiger partial charge in [-0.3, -0.25) is 0 Å². The summed E-state index contributed by atoms with van der Waals surface area (Å²) in [7, 11) is 2.07. The van der Waals surface area contributed by atoms with Crippen LogP contribution in [0.1, 0.15) is 27.2 Å². The Labute approximate surface area is 124 Å². The van der Waals surface area contributed by atoms with Crippen molar-refractivity contribution in [3.63, 3.8) is 0 Å². The quantitative estimate of drug-likeness (QED) is 0.720. The van der Waals surface area contributed by atoms with Crippen LogP contribution in [-0.2, 0) is 0 Å². The number of thioether (sulfide) groups is 1. The average molecular weight is 330 g/mol. The van der Waals surface area contributed by atoms with E-state index in [0.717, 1.165) is 11.7 Å². The van der Waals surface area contributed by atoms with E-state index >= 15 is 0 Å². The second-order valence-corrected chi connectivity index (χ2v) is 7.16. The molecule has 1 aromatic carbocycles. The molecule has 0 heterocycles. The van der Waals surface area contributed by atoms with E-state index in [2.05, 4.69) is 73.3 Å². The lowest BCUT2D eigenvalue weighted by Crippen LogP contribution is -2.35. The fraction of sp³-hybridized carbons (Fsp3) is 0.600. The summed E-state index contributed by atoms with van der Waals surface area (Å²) < 4.78 is 1.20. The molecule has 0 saturated heterocycles. The first kappa shape index (κ1) is 16.1. The van der Waals surface area contributed by atoms with Crippen LogP contribution in [0.4, 0.5) is 0 Å². The smallest absolute Gasteiger partial charge is 0.0311 e. The van der Waals surface area contributed by atoms with Crippen LogP contribution in [0.3, 0.4) is 0 Å². The van der Waals surface area contributed by atoms with Gasteiger partial charge in [0.2, 0.25) is 0 Å². The Kier molecular flexibility index (Phi) is 7.35. The summed E-state index contributed by atoms with van der Waals surface area (Å²) in [6, 6.07) is 9.01. The minimum Gasteiger partial charge on any atom is -0.316 e. The minimum atomic E-state index is 0.574. The van der Waals surface area contributed by atoms with Crippen LogP contribution in [-0.4, -0.2) is 18.8 Å². The summed E-state index contributed by atoms with van der Waals surface area (Å²) in [6.45, 7) is 6.94. The van der Waals surface area contributed by atoms with E-state index in [4.69, 9.17) is 0 Å². The molecule has 0 radical (unpaired) electrons. The van der Waals surface area contributed by atoms with Gasteiger partial charge in [0, 0.05) is 21.2 Å². The second-order valence-electron chi connectivity index (χ2n) is 5.24. The number of nitrogens with one attached hydrogen (secondary N) is 1. The third-order valence-electron chi connectivity index (χ3n) is 3.16. The zero-order valence-corrected chi connectivity index (χ0v) is 14.1. The van der Waals surface area contributed by atoms with Crippen molar-refractivity contribution in [3.8, 4) is 0 Å². The lowest BCUT2D eigenvalue weighted by molar-refractivity contribution is 0.358. The molecule has 102 valence electrons. The predicted molar refractivity (Wildman–Crippen MR) is 86.3 cm³/mol. The van der Waals surface area contributed by atoms with Crippen molar-refractivity contribution in [1.82, 2.24) is 5.32 Å². The molecule has 18 heavy (non-hydrogen) atoms. The van der Waals surface area contributed by atoms with Gasteiger partial charge in [-0.15, -0.1) is 11.8 Å². The van der Waals surface area contributed by atoms with Gasteiger partial charge in [0.05, 0.1) is 0 Å². The molecule has 2 unspecified atom stereocenters. The van der Waals surface area contributed by atoms with E-state index in [1.165, 1.54) is 15.8 Å². The molecule has 0 aliphatic carbocycles. The SMILES string of the molecule is CNC(CSc1ccccc1Br)C(C)CC(C)C. The van der Waals surface area contributed by atoms with Crippen LogP contribution in [0.25, 0.3) is 0 Å². The molecule has 0 amide bonds. The summed E-state index contributed by atoms with van der Waals surface area (Å²) in [6.07, 6.45) is 1.28. The van der Waals surface area contributed by atoms with Gasteiger partial charge >= 0.3 is 0 Å². The molecule has 0 bridgehead atoms. The largest absolute Gasteiger partial charge is 0.316 e. The number of hydrogen-bond acceptors (Lipinski definition) is 2. The molecule has 0 fully saturated rings. The third kappa shape index (κ3) is 5.33. The molecule has 0 spiro atoms. The molecule has 0 aromatic heterocycles. The molecule has 1 rings (SSSR count). The van der Waals surface area contributed by atoms with Gasteiger partial charge in [-0.2, -0.15) is 0 Å². The van der Waals surface area contributed by atoms with Gasteiger partial charge < -0.3 is 5.32 Å². The van der Waals surface area contributed by atoms with Crippen molar-refractivity contribution >= 4 is 27.7 Å². The summed E-state index contributed by atoms with van der Waals surface area (Å²) in [5.41, 5.74) is 0. The summed E-state index contributed by atoms with van der Waals surface area (Å²) in [5, 5.41) is 3.46. The maximum absolute atomic E-state index is 3.60. The molecule has 1 N–H and O–H groups in total. The highest BCUT2D eigenvalue weighted by molar-refractivity contribution is 9.10. The van der Waals surface area contributed by atoms with E-state index in [1.54, 1.807) is 0 Å². The van der Waals surface area contributed by atoms with Gasteiger partial charge in [0.25, 0.3) is 0 Å². The Hall–Kier alpha value is 0.01000. The summed E-state index contributed by atoms with van der Waals surface area (Å²) in [5.74, 6) is 2.60. The van der Waals surface area contributed by atoms with Crippen LogP contribution >= 0.6 is 27.7 Å². The molecule has 0 aliphatic rings. The molecule has 1 aromatic rings. The Balaban J connectivity index is 2.52. The zero-order valence-electron chi connectivity index (χ0n) is 11.7. The molecule has 0 saturated carbocycles. The highest BCUT2D eigenvalue weighted by Crippen LogP contribution is 2.29. The van der Waals surface area contributed by atoms with Crippen LogP contribution in [0.15, 0.2) is 33.6 Å². The van der Waals surface area contributed by atoms with Crippen molar-refractivity contribution in [2.75, 3.05) is 12.8 Å². The predicted octanol–water partition coefficient (Wildman–Crippen LogP) is 4.81. The first-order valence-electron chi connectivity index (χ1n) is 6.59. The third-order valence-corrected chi connectivity index (χ3v) is 5.30. The number of benzene rings is 1. The summed E-state index contributed by atoms with van der Waals surface area (Å²) >= 11 is 5.53. The minimum absolute atomic E-state index is 0.574. The van der Waals surface area contributed by atoms with E-state index in [9.17, 15) is 0 Å². The molecular formula is C15H24BrNS. The van der Waals surface area contributed by atoms with Crippen molar-refractivity contribution in [3.05, 3.63) is 28.7 Å². The zero-order chi connectivity index (χ0) is 13.5. The lowest BCUT2D eigenvalue weighted by atomic mass is 9.93. The van der Waals surface area contributed by atoms with Crippen LogP contribution < -0.4 is 5.32 Å². The van der Waals surface area contributed by atoms with Crippen molar-refractivity contribution in [1.29, 1.82) is 0 Å². The van der Waals surface area contributed by atoms with Gasteiger partial charge in [0.1, 0.15) is 0 Å². The molecule has 3 heteroatoms. The van der Waals surface area contributed by atoms with Crippen LogP contribution in [0.2, 0.25) is 0 Å². The van der Waals surface area contributed by atoms with Gasteiger partial charge in [0.15, 0.2) is 0 Å². The van der Waals surface area contributed by atoms with Gasteiger partial charge in [-0.25, -0.2) is 0 Å². The van der Waals surface area contributed by atoms with Gasteiger partial charge in [-0.05, 0) is 53.4 Å². The van der Waals surface area contributed by atoms with E-state index in [0.29, 0.717) is 12.0 Å². The maximum Gasteiger partial charge on any atom is 0.0311 e. The number of rotatable bonds is 7. The Morgan fingerprint density at radius 2 is 1.89 bits per heavy atom. The molecule has 0 aliphatic heterocycles.